The number of pyridine rings is 1. The van der Waals surface area contributed by atoms with E-state index in [2.05, 4.69) is 10.3 Å². The van der Waals surface area contributed by atoms with Gasteiger partial charge in [-0.15, -0.1) is 0 Å². The molecular weight excluding hydrogens is 243 g/mol. The van der Waals surface area contributed by atoms with E-state index in [1.165, 1.54) is 25.0 Å². The Morgan fingerprint density at radius 1 is 1.26 bits per heavy atom. The Hall–Kier alpha value is -1.68. The second kappa shape index (κ2) is 5.13. The first-order valence-corrected chi connectivity index (χ1v) is 6.77. The summed E-state index contributed by atoms with van der Waals surface area (Å²) in [7, 11) is 0. The minimum Gasteiger partial charge on any atom is -0.322 e. The molecule has 3 nitrogen and oxygen atoms in total. The molecule has 1 unspecified atom stereocenters. The summed E-state index contributed by atoms with van der Waals surface area (Å²) in [5.41, 5.74) is 1.23. The highest BCUT2D eigenvalue weighted by Gasteiger charge is 2.15. The molecule has 0 saturated carbocycles. The molecule has 0 radical (unpaired) electrons. The minimum absolute atomic E-state index is 0.106. The van der Waals surface area contributed by atoms with Gasteiger partial charge < -0.3 is 10.3 Å². The van der Waals surface area contributed by atoms with E-state index in [0.29, 0.717) is 11.6 Å². The maximum Gasteiger partial charge on any atom is 0.251 e. The van der Waals surface area contributed by atoms with Crippen molar-refractivity contribution >= 4 is 10.9 Å². The third-order valence-corrected chi connectivity index (χ3v) is 3.76. The Labute approximate surface area is 110 Å². The molecule has 1 aliphatic rings. The Balaban J connectivity index is 1.92. The Morgan fingerprint density at radius 3 is 2.95 bits per heavy atom. The number of nitrogens with one attached hydrogen (secondary N) is 2. The van der Waals surface area contributed by atoms with Gasteiger partial charge in [0.05, 0.1) is 5.52 Å². The third-order valence-electron chi connectivity index (χ3n) is 3.76. The van der Waals surface area contributed by atoms with Gasteiger partial charge in [-0.25, -0.2) is 4.39 Å². The van der Waals surface area contributed by atoms with Crippen LogP contribution in [0, 0.1) is 5.82 Å². The van der Waals surface area contributed by atoms with Gasteiger partial charge in [-0.05, 0) is 55.5 Å². The maximum absolute atomic E-state index is 13.1. The van der Waals surface area contributed by atoms with E-state index in [9.17, 15) is 9.18 Å². The molecule has 100 valence electrons. The van der Waals surface area contributed by atoms with Crippen LogP contribution >= 0.6 is 0 Å². The molecule has 1 atom stereocenters. The number of hydrogen-bond acceptors (Lipinski definition) is 2. The molecule has 3 rings (SSSR count). The highest BCUT2D eigenvalue weighted by molar-refractivity contribution is 5.78. The first-order valence-electron chi connectivity index (χ1n) is 6.77. The first-order chi connectivity index (χ1) is 9.22. The van der Waals surface area contributed by atoms with Crippen LogP contribution in [0.25, 0.3) is 10.9 Å². The van der Waals surface area contributed by atoms with Gasteiger partial charge >= 0.3 is 0 Å². The maximum atomic E-state index is 13.1. The van der Waals surface area contributed by atoms with Crippen molar-refractivity contribution in [2.45, 2.75) is 31.7 Å². The average molecular weight is 260 g/mol. The van der Waals surface area contributed by atoms with Gasteiger partial charge in [-0.2, -0.15) is 0 Å². The van der Waals surface area contributed by atoms with Crippen molar-refractivity contribution in [3.63, 3.8) is 0 Å². The van der Waals surface area contributed by atoms with Gasteiger partial charge in [0.15, 0.2) is 0 Å². The summed E-state index contributed by atoms with van der Waals surface area (Å²) in [5, 5.41) is 4.32. The number of aromatic nitrogens is 1. The van der Waals surface area contributed by atoms with E-state index < -0.39 is 0 Å². The summed E-state index contributed by atoms with van der Waals surface area (Å²) in [4.78, 5) is 14.8. The molecule has 2 heterocycles. The van der Waals surface area contributed by atoms with Crippen LogP contribution < -0.4 is 10.9 Å². The number of piperidine rings is 1. The summed E-state index contributed by atoms with van der Waals surface area (Å²) in [6.07, 6.45) is 4.28. The smallest absolute Gasteiger partial charge is 0.251 e. The van der Waals surface area contributed by atoms with Crippen molar-refractivity contribution in [2.24, 2.45) is 0 Å². The van der Waals surface area contributed by atoms with Crippen LogP contribution in [0.3, 0.4) is 0 Å². The molecule has 0 spiro atoms. The van der Waals surface area contributed by atoms with Crippen LogP contribution in [0.1, 0.15) is 24.8 Å². The zero-order valence-corrected chi connectivity index (χ0v) is 10.7. The fourth-order valence-corrected chi connectivity index (χ4v) is 2.73. The molecule has 1 aliphatic heterocycles. The van der Waals surface area contributed by atoms with Crippen molar-refractivity contribution < 1.29 is 4.39 Å². The van der Waals surface area contributed by atoms with E-state index in [-0.39, 0.29) is 11.4 Å². The zero-order valence-electron chi connectivity index (χ0n) is 10.7. The normalized spacial score (nSPS) is 19.7. The number of halogens is 1. The van der Waals surface area contributed by atoms with Gasteiger partial charge in [0.1, 0.15) is 5.82 Å². The van der Waals surface area contributed by atoms with Crippen LogP contribution in [-0.2, 0) is 6.42 Å². The van der Waals surface area contributed by atoms with Gasteiger partial charge in [-0.1, -0.05) is 6.42 Å². The molecule has 1 aromatic heterocycles. The van der Waals surface area contributed by atoms with Crippen LogP contribution in [-0.4, -0.2) is 17.6 Å². The lowest BCUT2D eigenvalue weighted by atomic mass is 9.98. The van der Waals surface area contributed by atoms with Gasteiger partial charge in [0.2, 0.25) is 0 Å². The number of benzene rings is 1. The van der Waals surface area contributed by atoms with Crippen LogP contribution in [0.15, 0.2) is 29.1 Å². The van der Waals surface area contributed by atoms with Crippen LogP contribution in [0.5, 0.6) is 0 Å². The summed E-state index contributed by atoms with van der Waals surface area (Å²) in [6.45, 7) is 1.03. The fraction of sp³-hybridized carbons (Fsp3) is 0.400. The molecule has 1 fully saturated rings. The van der Waals surface area contributed by atoms with Gasteiger partial charge in [-0.3, -0.25) is 4.79 Å². The van der Waals surface area contributed by atoms with Crippen molar-refractivity contribution in [2.75, 3.05) is 6.54 Å². The van der Waals surface area contributed by atoms with Crippen LogP contribution in [0.2, 0.25) is 0 Å². The molecule has 0 bridgehead atoms. The molecule has 1 aromatic carbocycles. The molecule has 4 heteroatoms. The second-order valence-electron chi connectivity index (χ2n) is 5.21. The van der Waals surface area contributed by atoms with Crippen molar-refractivity contribution in [3.8, 4) is 0 Å². The van der Waals surface area contributed by atoms with E-state index in [4.69, 9.17) is 0 Å². The van der Waals surface area contributed by atoms with E-state index in [1.54, 1.807) is 6.07 Å². The molecule has 1 saturated heterocycles. The molecule has 19 heavy (non-hydrogen) atoms. The molecule has 0 amide bonds. The van der Waals surface area contributed by atoms with E-state index in [1.807, 2.05) is 6.07 Å². The minimum atomic E-state index is -0.329. The molecule has 0 aliphatic carbocycles. The van der Waals surface area contributed by atoms with Crippen molar-refractivity contribution in [1.82, 2.24) is 10.3 Å². The lowest BCUT2D eigenvalue weighted by Crippen LogP contribution is -2.36. The topological polar surface area (TPSA) is 44.9 Å². The van der Waals surface area contributed by atoms with Crippen molar-refractivity contribution in [1.29, 1.82) is 0 Å². The summed E-state index contributed by atoms with van der Waals surface area (Å²) >= 11 is 0. The zero-order chi connectivity index (χ0) is 13.2. The largest absolute Gasteiger partial charge is 0.322 e. The highest BCUT2D eigenvalue weighted by atomic mass is 19.1. The quantitative estimate of drug-likeness (QED) is 0.870. The SMILES string of the molecule is O=c1[nH]c2cc(F)ccc2cc1CC1CCCCN1. The van der Waals surface area contributed by atoms with Crippen LogP contribution in [0.4, 0.5) is 4.39 Å². The average Bonchev–Trinajstić information content (AvgIpc) is 2.41. The summed E-state index contributed by atoms with van der Waals surface area (Å²) < 4.78 is 13.1. The Bertz CT molecular complexity index is 644. The number of rotatable bonds is 2. The second-order valence-corrected chi connectivity index (χ2v) is 5.21. The molecule has 2 aromatic rings. The van der Waals surface area contributed by atoms with E-state index >= 15 is 0 Å². The Morgan fingerprint density at radius 2 is 2.16 bits per heavy atom. The molecular formula is C15H17FN2O. The third kappa shape index (κ3) is 2.68. The summed E-state index contributed by atoms with van der Waals surface area (Å²) in [5.74, 6) is -0.329. The fourth-order valence-electron chi connectivity index (χ4n) is 2.73. The number of fused-ring (bicyclic) bond motifs is 1. The summed E-state index contributed by atoms with van der Waals surface area (Å²) in [6, 6.07) is 6.75. The van der Waals surface area contributed by atoms with Crippen molar-refractivity contribution in [3.05, 3.63) is 46.0 Å². The monoisotopic (exact) mass is 260 g/mol. The number of aromatic amines is 1. The predicted molar refractivity (Wildman–Crippen MR) is 73.9 cm³/mol. The highest BCUT2D eigenvalue weighted by Crippen LogP contribution is 2.15. The Kier molecular flexibility index (Phi) is 3.34. The lowest BCUT2D eigenvalue weighted by molar-refractivity contribution is 0.398. The predicted octanol–water partition coefficient (Wildman–Crippen LogP) is 2.35. The van der Waals surface area contributed by atoms with E-state index in [0.717, 1.165) is 30.3 Å². The number of H-pyrrole nitrogens is 1. The van der Waals surface area contributed by atoms with Gasteiger partial charge in [0.25, 0.3) is 5.56 Å². The first kappa shape index (κ1) is 12.4. The van der Waals surface area contributed by atoms with Gasteiger partial charge in [0, 0.05) is 11.6 Å². The standard InChI is InChI=1S/C15H17FN2O/c16-12-5-4-10-7-11(15(19)18-14(10)9-12)8-13-3-1-2-6-17-13/h4-5,7,9,13,17H,1-3,6,8H2,(H,18,19). The number of hydrogen-bond donors (Lipinski definition) is 2. The molecule has 2 N–H and O–H groups in total. The lowest BCUT2D eigenvalue weighted by Gasteiger charge is -2.23.